The molecule has 0 aliphatic rings. The monoisotopic (exact) mass is 153 g/mol. The molecule has 0 radical (unpaired) electrons. The lowest BCUT2D eigenvalue weighted by Gasteiger charge is -2.10. The van der Waals surface area contributed by atoms with Gasteiger partial charge in [-0.25, -0.2) is 0 Å². The van der Waals surface area contributed by atoms with Gasteiger partial charge in [-0.2, -0.15) is 5.26 Å². The molecule has 1 atom stereocenters. The molecule has 0 fully saturated rings. The van der Waals surface area contributed by atoms with Gasteiger partial charge >= 0.3 is 0 Å². The van der Waals surface area contributed by atoms with Gasteiger partial charge in [-0.3, -0.25) is 0 Å². The van der Waals surface area contributed by atoms with Crippen molar-refractivity contribution in [3.05, 3.63) is 0 Å². The average molecular weight is 153 g/mol. The molecule has 0 heterocycles. The van der Waals surface area contributed by atoms with Crippen LogP contribution in [-0.2, 0) is 0 Å². The van der Waals surface area contributed by atoms with Crippen molar-refractivity contribution < 1.29 is 0 Å². The van der Waals surface area contributed by atoms with Gasteiger partial charge in [-0.05, 0) is 18.8 Å². The summed E-state index contributed by atoms with van der Waals surface area (Å²) in [5, 5.41) is 8.51. The highest BCUT2D eigenvalue weighted by Crippen LogP contribution is 2.17. The van der Waals surface area contributed by atoms with E-state index in [1.54, 1.807) is 0 Å². The Hall–Kier alpha value is -0.510. The van der Waals surface area contributed by atoms with E-state index in [-0.39, 0.29) is 0 Å². The summed E-state index contributed by atoms with van der Waals surface area (Å²) >= 11 is 0. The van der Waals surface area contributed by atoms with Crippen molar-refractivity contribution in [1.29, 1.82) is 5.26 Å². The third-order valence-corrected chi connectivity index (χ3v) is 2.04. The summed E-state index contributed by atoms with van der Waals surface area (Å²) in [5.74, 6) is 0.671. The predicted octanol–water partition coefficient (Wildman–Crippen LogP) is 3.51. The Bertz CT molecular complexity index is 113. The van der Waals surface area contributed by atoms with E-state index < -0.39 is 0 Å². The maximum atomic E-state index is 8.51. The second-order valence-electron chi connectivity index (χ2n) is 3.16. The molecule has 0 aromatic heterocycles. The molecule has 0 saturated carbocycles. The van der Waals surface area contributed by atoms with Crippen LogP contribution in [0.3, 0.4) is 0 Å². The van der Waals surface area contributed by atoms with Gasteiger partial charge in [0.05, 0.1) is 6.07 Å². The summed E-state index contributed by atoms with van der Waals surface area (Å²) in [6.07, 6.45) is 6.99. The minimum atomic E-state index is 0.671. The number of hydrogen-bond acceptors (Lipinski definition) is 1. The summed E-state index contributed by atoms with van der Waals surface area (Å²) in [6.45, 7) is 4.39. The van der Waals surface area contributed by atoms with E-state index in [0.717, 1.165) is 6.42 Å². The summed E-state index contributed by atoms with van der Waals surface area (Å²) < 4.78 is 0. The normalized spacial score (nSPS) is 12.5. The number of nitriles is 1. The fourth-order valence-electron chi connectivity index (χ4n) is 1.38. The molecule has 1 heteroatoms. The van der Waals surface area contributed by atoms with Gasteiger partial charge in [0.15, 0.2) is 0 Å². The molecule has 0 aromatic rings. The van der Waals surface area contributed by atoms with E-state index in [0.29, 0.717) is 5.92 Å². The van der Waals surface area contributed by atoms with Crippen molar-refractivity contribution >= 4 is 0 Å². The second kappa shape index (κ2) is 7.60. The van der Waals surface area contributed by atoms with Crippen molar-refractivity contribution in [2.24, 2.45) is 5.92 Å². The van der Waals surface area contributed by atoms with E-state index in [2.05, 4.69) is 19.9 Å². The molecule has 0 rings (SSSR count). The first kappa shape index (κ1) is 10.5. The van der Waals surface area contributed by atoms with E-state index >= 15 is 0 Å². The summed E-state index contributed by atoms with van der Waals surface area (Å²) in [7, 11) is 0. The Balaban J connectivity index is 3.44. The Morgan fingerprint density at radius 1 is 1.18 bits per heavy atom. The first-order chi connectivity index (χ1) is 5.35. The van der Waals surface area contributed by atoms with E-state index in [1.165, 1.54) is 32.1 Å². The van der Waals surface area contributed by atoms with Crippen molar-refractivity contribution in [1.82, 2.24) is 0 Å². The topological polar surface area (TPSA) is 23.8 Å². The zero-order valence-electron chi connectivity index (χ0n) is 7.77. The maximum Gasteiger partial charge on any atom is 0.0624 e. The van der Waals surface area contributed by atoms with Gasteiger partial charge in [0, 0.05) is 6.42 Å². The largest absolute Gasteiger partial charge is 0.198 e. The van der Waals surface area contributed by atoms with Gasteiger partial charge in [0.1, 0.15) is 0 Å². The van der Waals surface area contributed by atoms with Crippen LogP contribution in [0.2, 0.25) is 0 Å². The van der Waals surface area contributed by atoms with Crippen molar-refractivity contribution in [3.63, 3.8) is 0 Å². The Kier molecular flexibility index (Phi) is 7.24. The van der Waals surface area contributed by atoms with Crippen LogP contribution in [0.25, 0.3) is 0 Å². The molecule has 64 valence electrons. The Morgan fingerprint density at radius 3 is 2.36 bits per heavy atom. The maximum absolute atomic E-state index is 8.51. The smallest absolute Gasteiger partial charge is 0.0624 e. The van der Waals surface area contributed by atoms with Crippen LogP contribution in [0.4, 0.5) is 0 Å². The standard InChI is InChI=1S/C10H19N/c1-3-5-7-10(6-4-2)8-9-11/h10H,3-8H2,1-2H3. The molecule has 0 bridgehead atoms. The van der Waals surface area contributed by atoms with Crippen LogP contribution < -0.4 is 0 Å². The molecule has 1 unspecified atom stereocenters. The Morgan fingerprint density at radius 2 is 1.91 bits per heavy atom. The number of hydrogen-bond donors (Lipinski definition) is 0. The second-order valence-corrected chi connectivity index (χ2v) is 3.16. The quantitative estimate of drug-likeness (QED) is 0.573. The molecular formula is C10H19N. The molecule has 0 aromatic carbocycles. The van der Waals surface area contributed by atoms with Gasteiger partial charge in [0.2, 0.25) is 0 Å². The SMILES string of the molecule is CCCCC(CC#N)CCC. The molecular weight excluding hydrogens is 134 g/mol. The lowest BCUT2D eigenvalue weighted by atomic mass is 9.95. The fourth-order valence-corrected chi connectivity index (χ4v) is 1.38. The van der Waals surface area contributed by atoms with Crippen molar-refractivity contribution in [3.8, 4) is 6.07 Å². The third-order valence-electron chi connectivity index (χ3n) is 2.04. The predicted molar refractivity (Wildman–Crippen MR) is 48.2 cm³/mol. The van der Waals surface area contributed by atoms with Gasteiger partial charge in [-0.1, -0.05) is 33.1 Å². The molecule has 0 amide bonds. The van der Waals surface area contributed by atoms with Crippen LogP contribution >= 0.6 is 0 Å². The highest BCUT2D eigenvalue weighted by Gasteiger charge is 2.05. The van der Waals surface area contributed by atoms with Crippen LogP contribution in [0.15, 0.2) is 0 Å². The molecule has 0 aliphatic heterocycles. The van der Waals surface area contributed by atoms with Crippen LogP contribution in [0, 0.1) is 17.2 Å². The van der Waals surface area contributed by atoms with Gasteiger partial charge in [-0.15, -0.1) is 0 Å². The van der Waals surface area contributed by atoms with E-state index in [4.69, 9.17) is 5.26 Å². The number of rotatable bonds is 6. The lowest BCUT2D eigenvalue weighted by molar-refractivity contribution is 0.437. The summed E-state index contributed by atoms with van der Waals surface area (Å²) in [6, 6.07) is 2.26. The lowest BCUT2D eigenvalue weighted by Crippen LogP contribution is -1.98. The van der Waals surface area contributed by atoms with Gasteiger partial charge < -0.3 is 0 Å². The van der Waals surface area contributed by atoms with Gasteiger partial charge in [0.25, 0.3) is 0 Å². The summed E-state index contributed by atoms with van der Waals surface area (Å²) in [5.41, 5.74) is 0. The summed E-state index contributed by atoms with van der Waals surface area (Å²) in [4.78, 5) is 0. The van der Waals surface area contributed by atoms with Crippen LogP contribution in [0.5, 0.6) is 0 Å². The number of nitrogens with zero attached hydrogens (tertiary/aromatic N) is 1. The van der Waals surface area contributed by atoms with Crippen LogP contribution in [0.1, 0.15) is 52.4 Å². The molecule has 0 saturated heterocycles. The minimum absolute atomic E-state index is 0.671. The van der Waals surface area contributed by atoms with E-state index in [1.807, 2.05) is 0 Å². The molecule has 0 N–H and O–H groups in total. The first-order valence-electron chi connectivity index (χ1n) is 4.72. The Labute approximate surface area is 70.4 Å². The molecule has 0 aliphatic carbocycles. The average Bonchev–Trinajstić information content (AvgIpc) is 2.01. The highest BCUT2D eigenvalue weighted by molar-refractivity contribution is 4.75. The van der Waals surface area contributed by atoms with Crippen molar-refractivity contribution in [2.75, 3.05) is 0 Å². The highest BCUT2D eigenvalue weighted by atomic mass is 14.2. The molecule has 1 nitrogen and oxygen atoms in total. The number of unbranched alkanes of at least 4 members (excludes halogenated alkanes) is 1. The minimum Gasteiger partial charge on any atom is -0.198 e. The first-order valence-corrected chi connectivity index (χ1v) is 4.72. The van der Waals surface area contributed by atoms with Crippen molar-refractivity contribution in [2.45, 2.75) is 52.4 Å². The van der Waals surface area contributed by atoms with E-state index in [9.17, 15) is 0 Å². The zero-order valence-corrected chi connectivity index (χ0v) is 7.77. The third kappa shape index (κ3) is 5.91. The molecule has 11 heavy (non-hydrogen) atoms. The molecule has 0 spiro atoms. The fraction of sp³-hybridized carbons (Fsp3) is 0.900. The van der Waals surface area contributed by atoms with Crippen LogP contribution in [-0.4, -0.2) is 0 Å². The zero-order chi connectivity index (χ0) is 8.53.